The van der Waals surface area contributed by atoms with Gasteiger partial charge in [0.1, 0.15) is 11.5 Å². The molecule has 2 N–H and O–H groups in total. The SMILES string of the molecule is CO[Si](C)(O)CCCOc1ccc(S(=O)(=O)OCO[Si](CCCOc2ccc(S(=O)(=O)O)cc2)(OC)OC)cc1. The van der Waals surface area contributed by atoms with E-state index in [9.17, 15) is 21.6 Å². The molecule has 40 heavy (non-hydrogen) atoms. The van der Waals surface area contributed by atoms with E-state index < -0.39 is 44.4 Å². The lowest BCUT2D eigenvalue weighted by Gasteiger charge is -2.26. The van der Waals surface area contributed by atoms with E-state index in [2.05, 4.69) is 0 Å². The van der Waals surface area contributed by atoms with E-state index in [1.54, 1.807) is 6.55 Å². The van der Waals surface area contributed by atoms with E-state index >= 15 is 0 Å². The summed E-state index contributed by atoms with van der Waals surface area (Å²) in [6.07, 6.45) is 1.00. The zero-order valence-electron chi connectivity index (χ0n) is 22.8. The van der Waals surface area contributed by atoms with Crippen LogP contribution < -0.4 is 9.47 Å². The van der Waals surface area contributed by atoms with Gasteiger partial charge >= 0.3 is 17.4 Å². The first kappa shape index (κ1) is 34.3. The van der Waals surface area contributed by atoms with Gasteiger partial charge in [0, 0.05) is 27.4 Å². The van der Waals surface area contributed by atoms with E-state index in [1.807, 2.05) is 0 Å². The van der Waals surface area contributed by atoms with Crippen molar-refractivity contribution in [1.82, 2.24) is 0 Å². The van der Waals surface area contributed by atoms with Crippen molar-refractivity contribution in [3.05, 3.63) is 48.5 Å². The maximum Gasteiger partial charge on any atom is 0.502 e. The maximum atomic E-state index is 12.6. The molecular formula is C23H36O13S2Si2. The van der Waals surface area contributed by atoms with E-state index in [-0.39, 0.29) is 22.4 Å². The molecule has 0 aliphatic rings. The fourth-order valence-corrected chi connectivity index (χ4v) is 7.42. The minimum absolute atomic E-state index is 0.0892. The van der Waals surface area contributed by atoms with Gasteiger partial charge in [0.25, 0.3) is 20.2 Å². The van der Waals surface area contributed by atoms with Crippen molar-refractivity contribution >= 4 is 37.6 Å². The fraction of sp³-hybridized carbons (Fsp3) is 0.478. The summed E-state index contributed by atoms with van der Waals surface area (Å²) in [5.74, 6) is 0.859. The highest BCUT2D eigenvalue weighted by molar-refractivity contribution is 7.86. The van der Waals surface area contributed by atoms with Crippen LogP contribution in [0.5, 0.6) is 11.5 Å². The summed E-state index contributed by atoms with van der Waals surface area (Å²) in [5.41, 5.74) is 0. The van der Waals surface area contributed by atoms with Crippen molar-refractivity contribution in [2.24, 2.45) is 0 Å². The second kappa shape index (κ2) is 15.4. The molecule has 2 aromatic carbocycles. The average Bonchev–Trinajstić information content (AvgIpc) is 2.92. The summed E-state index contributed by atoms with van der Waals surface area (Å²) in [6, 6.07) is 11.7. The predicted octanol–water partition coefficient (Wildman–Crippen LogP) is 2.79. The lowest BCUT2D eigenvalue weighted by atomic mass is 10.3. The van der Waals surface area contributed by atoms with E-state index in [4.69, 9.17) is 35.9 Å². The molecule has 17 heteroatoms. The molecule has 0 amide bonds. The summed E-state index contributed by atoms with van der Waals surface area (Å²) in [5, 5.41) is 0. The molecule has 2 aromatic rings. The van der Waals surface area contributed by atoms with Gasteiger partial charge in [0.2, 0.25) is 0 Å². The third-order valence-corrected chi connectivity index (χ3v) is 12.8. The third kappa shape index (κ3) is 11.2. The number of ether oxygens (including phenoxy) is 2. The molecule has 0 radical (unpaired) electrons. The summed E-state index contributed by atoms with van der Waals surface area (Å²) in [4.78, 5) is 9.62. The lowest BCUT2D eigenvalue weighted by Crippen LogP contribution is -2.44. The van der Waals surface area contributed by atoms with Gasteiger partial charge in [0.05, 0.1) is 23.0 Å². The summed E-state index contributed by atoms with van der Waals surface area (Å²) < 4.78 is 94.2. The first-order chi connectivity index (χ1) is 18.8. The quantitative estimate of drug-likeness (QED) is 0.0755. The van der Waals surface area contributed by atoms with E-state index in [0.29, 0.717) is 37.0 Å². The van der Waals surface area contributed by atoms with Crippen LogP contribution in [0, 0.1) is 0 Å². The van der Waals surface area contributed by atoms with Gasteiger partial charge in [-0.05, 0) is 74.0 Å². The molecular weight excluding hydrogens is 605 g/mol. The zero-order chi connectivity index (χ0) is 29.9. The smallest absolute Gasteiger partial charge is 0.494 e. The second-order valence-electron chi connectivity index (χ2n) is 8.63. The van der Waals surface area contributed by atoms with Crippen LogP contribution in [0.4, 0.5) is 0 Å². The molecule has 0 aliphatic heterocycles. The molecule has 1 unspecified atom stereocenters. The highest BCUT2D eigenvalue weighted by Gasteiger charge is 2.39. The normalized spacial score (nSPS) is 14.1. The Morgan fingerprint density at radius 3 is 1.65 bits per heavy atom. The van der Waals surface area contributed by atoms with Crippen molar-refractivity contribution in [2.45, 2.75) is 41.3 Å². The van der Waals surface area contributed by atoms with E-state index in [0.717, 1.165) is 0 Å². The lowest BCUT2D eigenvalue weighted by molar-refractivity contribution is 0.0300. The van der Waals surface area contributed by atoms with Crippen LogP contribution in [0.1, 0.15) is 12.8 Å². The van der Waals surface area contributed by atoms with Crippen LogP contribution in [0.15, 0.2) is 58.3 Å². The fourth-order valence-electron chi connectivity index (χ4n) is 3.30. The van der Waals surface area contributed by atoms with Crippen LogP contribution in [0.2, 0.25) is 18.6 Å². The minimum atomic E-state index is -4.29. The Bertz CT molecular complexity index is 1250. The van der Waals surface area contributed by atoms with Gasteiger partial charge in [-0.25, -0.2) is 4.18 Å². The average molecular weight is 641 g/mol. The first-order valence-electron chi connectivity index (χ1n) is 12.1. The first-order valence-corrected chi connectivity index (χ1v) is 19.4. The number of hydrogen-bond donors (Lipinski definition) is 2. The van der Waals surface area contributed by atoms with Crippen molar-refractivity contribution in [1.29, 1.82) is 0 Å². The Hall–Kier alpha value is -1.91. The van der Waals surface area contributed by atoms with E-state index in [1.165, 1.54) is 69.9 Å². The number of rotatable bonds is 19. The maximum absolute atomic E-state index is 12.6. The van der Waals surface area contributed by atoms with Crippen LogP contribution >= 0.6 is 0 Å². The molecule has 1 atom stereocenters. The second-order valence-corrected chi connectivity index (χ2v) is 17.9. The summed E-state index contributed by atoms with van der Waals surface area (Å²) in [6.45, 7) is 1.61. The topological polar surface area (TPSA) is 173 Å². The van der Waals surface area contributed by atoms with Gasteiger partial charge < -0.3 is 32.0 Å². The zero-order valence-corrected chi connectivity index (χ0v) is 26.4. The Morgan fingerprint density at radius 2 is 1.20 bits per heavy atom. The Kier molecular flexibility index (Phi) is 13.2. The van der Waals surface area contributed by atoms with Gasteiger partial charge in [-0.3, -0.25) is 4.55 Å². The highest BCUT2D eigenvalue weighted by atomic mass is 32.2. The highest BCUT2D eigenvalue weighted by Crippen LogP contribution is 2.22. The molecule has 0 bridgehead atoms. The Morgan fingerprint density at radius 1 is 0.725 bits per heavy atom. The number of hydrogen-bond acceptors (Lipinski definition) is 12. The molecule has 2 rings (SSSR count). The van der Waals surface area contributed by atoms with Crippen molar-refractivity contribution in [2.75, 3.05) is 41.3 Å². The molecule has 0 aromatic heterocycles. The van der Waals surface area contributed by atoms with Gasteiger partial charge in [-0.15, -0.1) is 0 Å². The van der Waals surface area contributed by atoms with Crippen molar-refractivity contribution < 1.29 is 57.5 Å². The molecule has 0 spiro atoms. The molecule has 226 valence electrons. The van der Waals surface area contributed by atoms with Crippen molar-refractivity contribution in [3.8, 4) is 11.5 Å². The Labute approximate surface area is 237 Å². The van der Waals surface area contributed by atoms with Crippen LogP contribution in [-0.4, -0.2) is 84.9 Å². The predicted molar refractivity (Wildman–Crippen MR) is 147 cm³/mol. The standard InChI is InChI=1S/C23H36O13S2Si2/c1-30-39(4,29)17-5-15-33-21-9-13-23(14-10-21)38(27,28)35-19-36-40(31-2,32-3)18-6-16-34-20-7-11-22(12-8-20)37(24,25)26/h7-14,29H,5-6,15-19H2,1-4H3,(H,24,25,26). The molecule has 0 fully saturated rings. The van der Waals surface area contributed by atoms with Gasteiger partial charge in [0.15, 0.2) is 6.79 Å². The molecule has 13 nitrogen and oxygen atoms in total. The molecule has 0 aliphatic carbocycles. The summed E-state index contributed by atoms with van der Waals surface area (Å²) >= 11 is 0. The minimum Gasteiger partial charge on any atom is -0.494 e. The van der Waals surface area contributed by atoms with Crippen molar-refractivity contribution in [3.63, 3.8) is 0 Å². The van der Waals surface area contributed by atoms with Crippen LogP contribution in [-0.2, 0) is 42.1 Å². The van der Waals surface area contributed by atoms with Crippen LogP contribution in [0.3, 0.4) is 0 Å². The van der Waals surface area contributed by atoms with Gasteiger partial charge in [-0.1, -0.05) is 0 Å². The molecule has 0 saturated carbocycles. The Balaban J connectivity index is 1.81. The molecule has 0 heterocycles. The van der Waals surface area contributed by atoms with Gasteiger partial charge in [-0.2, -0.15) is 16.8 Å². The van der Waals surface area contributed by atoms with Crippen LogP contribution in [0.25, 0.3) is 0 Å². The largest absolute Gasteiger partial charge is 0.502 e. The summed E-state index contributed by atoms with van der Waals surface area (Å²) in [7, 11) is -10.1. The number of benzene rings is 2. The third-order valence-electron chi connectivity index (χ3n) is 5.73. The monoisotopic (exact) mass is 640 g/mol. The molecule has 0 saturated heterocycles.